The third-order valence-electron chi connectivity index (χ3n) is 5.64. The number of hydrogen-bond donors (Lipinski definition) is 1. The van der Waals surface area contributed by atoms with E-state index in [1.165, 1.54) is 17.8 Å². The van der Waals surface area contributed by atoms with Crippen LogP contribution in [0.5, 0.6) is 5.75 Å². The van der Waals surface area contributed by atoms with Crippen molar-refractivity contribution in [1.82, 2.24) is 14.9 Å². The molecule has 3 aromatic rings. The van der Waals surface area contributed by atoms with Crippen molar-refractivity contribution >= 4 is 16.9 Å². The highest BCUT2D eigenvalue weighted by molar-refractivity contribution is 5.94. The van der Waals surface area contributed by atoms with Gasteiger partial charge in [0.1, 0.15) is 11.6 Å². The van der Waals surface area contributed by atoms with Crippen LogP contribution in [0.2, 0.25) is 0 Å². The smallest absolute Gasteiger partial charge is 0.251 e. The largest absolute Gasteiger partial charge is 0.497 e. The van der Waals surface area contributed by atoms with Crippen LogP contribution in [-0.2, 0) is 13.0 Å². The predicted octanol–water partition coefficient (Wildman–Crippen LogP) is 5.23. The molecule has 0 spiro atoms. The van der Waals surface area contributed by atoms with Crippen LogP contribution in [0.4, 0.5) is 0 Å². The SMILES string of the molecule is CCC(C)Cn1c(CCCCCNC(=O)c2ccc(OC)cc2)nc2ccccc21. The minimum atomic E-state index is -0.0343. The summed E-state index contributed by atoms with van der Waals surface area (Å²) in [5, 5.41) is 3.00. The molecular weight excluding hydrogens is 374 g/mol. The van der Waals surface area contributed by atoms with Gasteiger partial charge in [-0.15, -0.1) is 0 Å². The number of para-hydroxylation sites is 2. The Morgan fingerprint density at radius 1 is 1.10 bits per heavy atom. The summed E-state index contributed by atoms with van der Waals surface area (Å²) in [6.45, 7) is 6.24. The van der Waals surface area contributed by atoms with Gasteiger partial charge in [-0.3, -0.25) is 4.79 Å². The third-order valence-corrected chi connectivity index (χ3v) is 5.64. The molecule has 1 N–H and O–H groups in total. The number of amides is 1. The van der Waals surface area contributed by atoms with Gasteiger partial charge in [0, 0.05) is 25.1 Å². The predicted molar refractivity (Wildman–Crippen MR) is 122 cm³/mol. The van der Waals surface area contributed by atoms with Crippen molar-refractivity contribution in [1.29, 1.82) is 0 Å². The number of carbonyl (C=O) groups excluding carboxylic acids is 1. The van der Waals surface area contributed by atoms with E-state index in [0.717, 1.165) is 43.5 Å². The Balaban J connectivity index is 1.46. The van der Waals surface area contributed by atoms with Gasteiger partial charge >= 0.3 is 0 Å². The summed E-state index contributed by atoms with van der Waals surface area (Å²) in [4.78, 5) is 17.1. The van der Waals surface area contributed by atoms with Crippen LogP contribution >= 0.6 is 0 Å². The molecule has 0 bridgehead atoms. The van der Waals surface area contributed by atoms with Crippen LogP contribution < -0.4 is 10.1 Å². The van der Waals surface area contributed by atoms with Crippen LogP contribution in [0.3, 0.4) is 0 Å². The molecular formula is C25H33N3O2. The molecule has 0 fully saturated rings. The van der Waals surface area contributed by atoms with E-state index in [9.17, 15) is 4.79 Å². The van der Waals surface area contributed by atoms with Gasteiger partial charge in [0.15, 0.2) is 0 Å². The molecule has 5 nitrogen and oxygen atoms in total. The van der Waals surface area contributed by atoms with E-state index in [4.69, 9.17) is 9.72 Å². The van der Waals surface area contributed by atoms with Crippen molar-refractivity contribution in [2.45, 2.75) is 52.5 Å². The molecule has 2 aromatic carbocycles. The Labute approximate surface area is 179 Å². The number of benzene rings is 2. The lowest BCUT2D eigenvalue weighted by Crippen LogP contribution is -2.24. The van der Waals surface area contributed by atoms with Crippen molar-refractivity contribution in [3.8, 4) is 5.75 Å². The quantitative estimate of drug-likeness (QED) is 0.443. The van der Waals surface area contributed by atoms with Crippen molar-refractivity contribution in [2.24, 2.45) is 5.92 Å². The number of hydrogen-bond acceptors (Lipinski definition) is 3. The Bertz CT molecular complexity index is 947. The van der Waals surface area contributed by atoms with Gasteiger partial charge in [0.2, 0.25) is 0 Å². The monoisotopic (exact) mass is 407 g/mol. The average Bonchev–Trinajstić information content (AvgIpc) is 3.13. The molecule has 0 radical (unpaired) electrons. The molecule has 30 heavy (non-hydrogen) atoms. The van der Waals surface area contributed by atoms with Crippen LogP contribution in [0.1, 0.15) is 55.7 Å². The minimum absolute atomic E-state index is 0.0343. The molecule has 0 aliphatic carbocycles. The van der Waals surface area contributed by atoms with Crippen molar-refractivity contribution in [2.75, 3.05) is 13.7 Å². The number of unbranched alkanes of at least 4 members (excludes halogenated alkanes) is 2. The summed E-state index contributed by atoms with van der Waals surface area (Å²) in [6, 6.07) is 15.6. The Hall–Kier alpha value is -2.82. The van der Waals surface area contributed by atoms with Crippen molar-refractivity contribution < 1.29 is 9.53 Å². The molecule has 1 atom stereocenters. The summed E-state index contributed by atoms with van der Waals surface area (Å²) < 4.78 is 7.53. The number of rotatable bonds is 11. The lowest BCUT2D eigenvalue weighted by atomic mass is 10.1. The highest BCUT2D eigenvalue weighted by Gasteiger charge is 2.12. The molecule has 160 valence electrons. The second kappa shape index (κ2) is 10.8. The number of methoxy groups -OCH3 is 1. The van der Waals surface area contributed by atoms with E-state index in [1.54, 1.807) is 31.4 Å². The summed E-state index contributed by atoms with van der Waals surface area (Å²) in [6.07, 6.45) is 5.24. The van der Waals surface area contributed by atoms with E-state index in [0.29, 0.717) is 18.0 Å². The molecule has 0 aliphatic rings. The van der Waals surface area contributed by atoms with Crippen LogP contribution in [0.15, 0.2) is 48.5 Å². The van der Waals surface area contributed by atoms with E-state index in [1.807, 2.05) is 0 Å². The van der Waals surface area contributed by atoms with Gasteiger partial charge in [-0.25, -0.2) is 4.98 Å². The number of aromatic nitrogens is 2. The van der Waals surface area contributed by atoms with E-state index in [-0.39, 0.29) is 5.91 Å². The van der Waals surface area contributed by atoms with E-state index >= 15 is 0 Å². The molecule has 5 heteroatoms. The standard InChI is InChI=1S/C25H33N3O2/c1-4-19(2)18-28-23-11-8-7-10-22(23)27-24(28)12-6-5-9-17-26-25(29)20-13-15-21(30-3)16-14-20/h7-8,10-11,13-16,19H,4-6,9,12,17-18H2,1-3H3,(H,26,29). The molecule has 0 saturated heterocycles. The zero-order valence-electron chi connectivity index (χ0n) is 18.4. The minimum Gasteiger partial charge on any atom is -0.497 e. The van der Waals surface area contributed by atoms with Gasteiger partial charge < -0.3 is 14.6 Å². The normalized spacial score (nSPS) is 12.1. The Kier molecular flexibility index (Phi) is 7.89. The number of nitrogens with zero attached hydrogens (tertiary/aromatic N) is 2. The molecule has 3 rings (SSSR count). The highest BCUT2D eigenvalue weighted by Crippen LogP contribution is 2.20. The number of carbonyl (C=O) groups is 1. The second-order valence-corrected chi connectivity index (χ2v) is 7.94. The first-order chi connectivity index (χ1) is 14.6. The fraction of sp³-hybridized carbons (Fsp3) is 0.440. The summed E-state index contributed by atoms with van der Waals surface area (Å²) in [5.74, 6) is 2.53. The first-order valence-corrected chi connectivity index (χ1v) is 11.0. The number of nitrogens with one attached hydrogen (secondary N) is 1. The van der Waals surface area contributed by atoms with E-state index < -0.39 is 0 Å². The maximum atomic E-state index is 12.2. The van der Waals surface area contributed by atoms with Gasteiger partial charge in [-0.05, 0) is 55.2 Å². The van der Waals surface area contributed by atoms with Crippen molar-refractivity contribution in [3.05, 3.63) is 59.9 Å². The van der Waals surface area contributed by atoms with Gasteiger partial charge in [-0.2, -0.15) is 0 Å². The molecule has 0 saturated carbocycles. The summed E-state index contributed by atoms with van der Waals surface area (Å²) >= 11 is 0. The number of fused-ring (bicyclic) bond motifs is 1. The lowest BCUT2D eigenvalue weighted by molar-refractivity contribution is 0.0953. The van der Waals surface area contributed by atoms with Gasteiger partial charge in [0.05, 0.1) is 18.1 Å². The van der Waals surface area contributed by atoms with E-state index in [2.05, 4.69) is 48.0 Å². The van der Waals surface area contributed by atoms with Crippen LogP contribution in [0, 0.1) is 5.92 Å². The first-order valence-electron chi connectivity index (χ1n) is 11.0. The maximum absolute atomic E-state index is 12.2. The molecule has 1 amide bonds. The zero-order valence-corrected chi connectivity index (χ0v) is 18.4. The second-order valence-electron chi connectivity index (χ2n) is 7.94. The van der Waals surface area contributed by atoms with Crippen LogP contribution in [0.25, 0.3) is 11.0 Å². The topological polar surface area (TPSA) is 56.2 Å². The fourth-order valence-corrected chi connectivity index (χ4v) is 3.59. The Morgan fingerprint density at radius 3 is 2.60 bits per heavy atom. The average molecular weight is 408 g/mol. The first kappa shape index (κ1) is 21.9. The number of ether oxygens (including phenoxy) is 1. The molecule has 1 aromatic heterocycles. The molecule has 1 heterocycles. The third kappa shape index (κ3) is 5.62. The maximum Gasteiger partial charge on any atom is 0.251 e. The highest BCUT2D eigenvalue weighted by atomic mass is 16.5. The Morgan fingerprint density at radius 2 is 1.87 bits per heavy atom. The summed E-state index contributed by atoms with van der Waals surface area (Å²) in [5.41, 5.74) is 2.98. The van der Waals surface area contributed by atoms with Crippen molar-refractivity contribution in [3.63, 3.8) is 0 Å². The summed E-state index contributed by atoms with van der Waals surface area (Å²) in [7, 11) is 1.62. The van der Waals surface area contributed by atoms with Gasteiger partial charge in [-0.1, -0.05) is 38.8 Å². The lowest BCUT2D eigenvalue weighted by Gasteiger charge is -2.14. The van der Waals surface area contributed by atoms with Gasteiger partial charge in [0.25, 0.3) is 5.91 Å². The number of imidazole rings is 1. The fourth-order valence-electron chi connectivity index (χ4n) is 3.59. The van der Waals surface area contributed by atoms with Crippen LogP contribution in [-0.4, -0.2) is 29.1 Å². The number of aryl methyl sites for hydroxylation is 1. The zero-order chi connectivity index (χ0) is 21.3. The molecule has 0 aliphatic heterocycles. The molecule has 1 unspecified atom stereocenters.